The van der Waals surface area contributed by atoms with Crippen LogP contribution in [-0.2, 0) is 0 Å². The van der Waals surface area contributed by atoms with Crippen molar-refractivity contribution in [2.24, 2.45) is 0 Å². The Labute approximate surface area is 204 Å². The molecule has 0 spiro atoms. The summed E-state index contributed by atoms with van der Waals surface area (Å²) in [5.41, 5.74) is 4.05. The van der Waals surface area contributed by atoms with Crippen LogP contribution < -0.4 is 10.1 Å². The van der Waals surface area contributed by atoms with Gasteiger partial charge in [-0.2, -0.15) is 5.10 Å². The van der Waals surface area contributed by atoms with Gasteiger partial charge in [0.25, 0.3) is 5.91 Å². The van der Waals surface area contributed by atoms with E-state index < -0.39 is 6.10 Å². The van der Waals surface area contributed by atoms with Crippen LogP contribution in [0.2, 0.25) is 0 Å². The summed E-state index contributed by atoms with van der Waals surface area (Å²) in [6.45, 7) is 11.7. The van der Waals surface area contributed by atoms with Crippen LogP contribution in [0.5, 0.6) is 5.75 Å². The summed E-state index contributed by atoms with van der Waals surface area (Å²) in [5, 5.41) is 18.2. The number of hydrogen-bond donors (Lipinski definition) is 2. The maximum absolute atomic E-state index is 13.1. The van der Waals surface area contributed by atoms with E-state index in [-0.39, 0.29) is 5.91 Å². The molecule has 1 heterocycles. The number of rotatable bonds is 8. The fourth-order valence-electron chi connectivity index (χ4n) is 3.69. The second-order valence-electron chi connectivity index (χ2n) is 8.11. The molecule has 4 rings (SSSR count). The van der Waals surface area contributed by atoms with Crippen LogP contribution in [0.25, 0.3) is 10.5 Å². The highest BCUT2D eigenvalue weighted by molar-refractivity contribution is 6.03. The number of aromatic nitrogens is 2. The first kappa shape index (κ1) is 23.7. The Morgan fingerprint density at radius 1 is 1.09 bits per heavy atom. The van der Waals surface area contributed by atoms with Crippen LogP contribution in [0.1, 0.15) is 46.8 Å². The zero-order chi connectivity index (χ0) is 24.8. The second-order valence-corrected chi connectivity index (χ2v) is 8.11. The molecule has 0 saturated heterocycles. The van der Waals surface area contributed by atoms with Gasteiger partial charge in [0.15, 0.2) is 5.69 Å². The predicted molar refractivity (Wildman–Crippen MR) is 135 cm³/mol. The molecule has 3 aromatic carbocycles. The molecule has 2 N–H and O–H groups in total. The van der Waals surface area contributed by atoms with Crippen molar-refractivity contribution in [3.63, 3.8) is 0 Å². The quantitative estimate of drug-likeness (QED) is 0.319. The number of amides is 1. The highest BCUT2D eigenvalue weighted by atomic mass is 16.5. The van der Waals surface area contributed by atoms with Gasteiger partial charge >= 0.3 is 0 Å². The number of carbonyl (C=O) groups is 1. The van der Waals surface area contributed by atoms with Gasteiger partial charge in [-0.25, -0.2) is 9.53 Å². The molecule has 0 saturated carbocycles. The maximum atomic E-state index is 13.1. The minimum atomic E-state index is -0.851. The molecule has 7 nitrogen and oxygen atoms in total. The number of benzene rings is 3. The van der Waals surface area contributed by atoms with Gasteiger partial charge in [-0.15, -0.1) is 0 Å². The number of anilines is 1. The summed E-state index contributed by atoms with van der Waals surface area (Å²) < 4.78 is 7.13. The highest BCUT2D eigenvalue weighted by Gasteiger charge is 2.17. The molecule has 1 aromatic heterocycles. The first-order chi connectivity index (χ1) is 17.0. The Hall–Kier alpha value is -4.41. The summed E-state index contributed by atoms with van der Waals surface area (Å²) in [6, 6.07) is 23.1. The zero-order valence-electron chi connectivity index (χ0n) is 19.6. The van der Waals surface area contributed by atoms with E-state index in [0.29, 0.717) is 40.6 Å². The van der Waals surface area contributed by atoms with E-state index in [4.69, 9.17) is 11.3 Å². The van der Waals surface area contributed by atoms with Crippen molar-refractivity contribution in [2.75, 3.05) is 11.9 Å². The van der Waals surface area contributed by atoms with Crippen molar-refractivity contribution < 1.29 is 14.6 Å². The smallest absolute Gasteiger partial charge is 0.274 e. The fourth-order valence-corrected chi connectivity index (χ4v) is 3.69. The molecule has 0 aliphatic carbocycles. The summed E-state index contributed by atoms with van der Waals surface area (Å²) in [7, 11) is 0. The lowest BCUT2D eigenvalue weighted by Crippen LogP contribution is -2.17. The minimum Gasteiger partial charge on any atom is -0.494 e. The lowest BCUT2D eigenvalue weighted by atomic mass is 10.0. The molecule has 1 unspecified atom stereocenters. The number of carbonyl (C=O) groups excluding carboxylic acids is 1. The molecular formula is C28H26N4O3. The summed E-state index contributed by atoms with van der Waals surface area (Å²) in [5.74, 6) is 0.417. The number of aryl methyl sites for hydroxylation is 1. The van der Waals surface area contributed by atoms with Gasteiger partial charge in [0, 0.05) is 5.69 Å². The first-order valence-electron chi connectivity index (χ1n) is 11.3. The number of ether oxygens (including phenoxy) is 1. The zero-order valence-corrected chi connectivity index (χ0v) is 19.6. The molecular weight excluding hydrogens is 440 g/mol. The monoisotopic (exact) mass is 466 g/mol. The molecule has 7 heteroatoms. The van der Waals surface area contributed by atoms with E-state index >= 15 is 0 Å². The normalized spacial score (nSPS) is 11.5. The third-order valence-corrected chi connectivity index (χ3v) is 5.40. The van der Waals surface area contributed by atoms with Gasteiger partial charge in [-0.05, 0) is 66.9 Å². The van der Waals surface area contributed by atoms with Gasteiger partial charge in [0.05, 0.1) is 24.6 Å². The average molecular weight is 467 g/mol. The summed E-state index contributed by atoms with van der Waals surface area (Å²) in [4.78, 5) is 16.6. The topological polar surface area (TPSA) is 80.7 Å². The van der Waals surface area contributed by atoms with E-state index in [1.165, 1.54) is 4.68 Å². The molecule has 4 aromatic rings. The first-order valence-corrected chi connectivity index (χ1v) is 11.3. The van der Waals surface area contributed by atoms with E-state index in [0.717, 1.165) is 17.7 Å². The van der Waals surface area contributed by atoms with Gasteiger partial charge < -0.3 is 15.2 Å². The molecule has 0 aliphatic rings. The molecule has 1 amide bonds. The van der Waals surface area contributed by atoms with Crippen LogP contribution in [-0.4, -0.2) is 27.4 Å². The number of nitrogens with zero attached hydrogens (tertiary/aromatic N) is 3. The lowest BCUT2D eigenvalue weighted by Gasteiger charge is -2.14. The van der Waals surface area contributed by atoms with Crippen molar-refractivity contribution in [2.45, 2.75) is 26.4 Å². The average Bonchev–Trinajstić information content (AvgIpc) is 3.29. The van der Waals surface area contributed by atoms with Crippen molar-refractivity contribution in [1.82, 2.24) is 9.78 Å². The van der Waals surface area contributed by atoms with Crippen LogP contribution in [0, 0.1) is 13.5 Å². The van der Waals surface area contributed by atoms with Gasteiger partial charge in [-0.1, -0.05) is 43.3 Å². The van der Waals surface area contributed by atoms with Crippen molar-refractivity contribution in [1.29, 1.82) is 0 Å². The molecule has 35 heavy (non-hydrogen) atoms. The van der Waals surface area contributed by atoms with Crippen LogP contribution in [0.4, 0.5) is 11.4 Å². The van der Waals surface area contributed by atoms with Crippen LogP contribution in [0.15, 0.2) is 78.9 Å². The molecule has 0 aliphatic heterocycles. The van der Waals surface area contributed by atoms with Crippen LogP contribution in [0.3, 0.4) is 0 Å². The van der Waals surface area contributed by atoms with Crippen molar-refractivity contribution in [3.8, 4) is 11.4 Å². The Bertz CT molecular complexity index is 1370. The predicted octanol–water partition coefficient (Wildman–Crippen LogP) is 5.85. The largest absolute Gasteiger partial charge is 0.494 e. The third kappa shape index (κ3) is 5.57. The van der Waals surface area contributed by atoms with Gasteiger partial charge in [0.1, 0.15) is 17.5 Å². The molecule has 0 fully saturated rings. The van der Waals surface area contributed by atoms with E-state index in [9.17, 15) is 9.90 Å². The number of hydrogen-bond acceptors (Lipinski definition) is 4. The van der Waals surface area contributed by atoms with E-state index in [1.807, 2.05) is 44.2 Å². The van der Waals surface area contributed by atoms with Gasteiger partial charge in [0.2, 0.25) is 0 Å². The lowest BCUT2D eigenvalue weighted by molar-refractivity contribution is 0.101. The molecule has 0 bridgehead atoms. The van der Waals surface area contributed by atoms with Crippen molar-refractivity contribution in [3.05, 3.63) is 113 Å². The van der Waals surface area contributed by atoms with E-state index in [2.05, 4.69) is 15.3 Å². The Balaban J connectivity index is 1.53. The summed E-state index contributed by atoms with van der Waals surface area (Å²) >= 11 is 0. The number of aliphatic hydroxyl groups excluding tert-OH is 1. The second kappa shape index (κ2) is 10.7. The van der Waals surface area contributed by atoms with E-state index in [1.54, 1.807) is 48.5 Å². The summed E-state index contributed by atoms with van der Waals surface area (Å²) in [6.07, 6.45) is 0.0765. The Morgan fingerprint density at radius 2 is 1.86 bits per heavy atom. The Morgan fingerprint density at radius 3 is 2.60 bits per heavy atom. The Kier molecular flexibility index (Phi) is 7.24. The molecule has 176 valence electrons. The van der Waals surface area contributed by atoms with Crippen LogP contribution >= 0.6 is 0 Å². The number of aliphatic hydroxyl groups is 1. The molecule has 1 atom stereocenters. The highest BCUT2D eigenvalue weighted by Crippen LogP contribution is 2.26. The standard InChI is InChI=1S/C28H26N4O3/c1-4-15-35-25-13-11-20(12-14-25)27(33)21-7-5-9-23(17-21)30-28(34)26-16-19(2)31-32(26)24-10-6-8-22(18-24)29-3/h5-14,16-18,27,33H,4,15H2,1-2H3,(H,30,34). The number of nitrogens with one attached hydrogen (secondary N) is 1. The fraction of sp³-hybridized carbons (Fsp3) is 0.179. The maximum Gasteiger partial charge on any atom is 0.274 e. The van der Waals surface area contributed by atoms with Gasteiger partial charge in [-0.3, -0.25) is 4.79 Å². The van der Waals surface area contributed by atoms with Crippen molar-refractivity contribution >= 4 is 17.3 Å². The minimum absolute atomic E-state index is 0.345. The molecule has 0 radical (unpaired) electrons. The third-order valence-electron chi connectivity index (χ3n) is 5.40. The SMILES string of the molecule is [C-]#[N+]c1cccc(-n2nc(C)cc2C(=O)Nc2cccc(C(O)c3ccc(OCCC)cc3)c2)c1.